The molecule has 0 aliphatic heterocycles. The first kappa shape index (κ1) is 20.9. The Bertz CT molecular complexity index is 1160. The zero-order chi connectivity index (χ0) is 21.7. The standard InChI is InChI=1S/C21H15ClFN5O2/c1-13(29)28(18-6-7-25-12-15(18)11-24)19-10-16(5-8-26-19)27-20(30)9-14-3-2-4-17(23)21(14)22/h2-8,10,12H,9H2,1H3,(H,26,27,30). The molecular formula is C21H15ClFN5O2. The van der Waals surface area contributed by atoms with Crippen molar-refractivity contribution in [3.05, 3.63) is 77.0 Å². The van der Waals surface area contributed by atoms with Crippen molar-refractivity contribution in [2.45, 2.75) is 13.3 Å². The van der Waals surface area contributed by atoms with E-state index in [1.165, 1.54) is 54.7 Å². The second kappa shape index (κ2) is 9.11. The third-order valence-corrected chi connectivity index (χ3v) is 4.54. The number of nitrogens with one attached hydrogen (secondary N) is 1. The molecule has 0 fully saturated rings. The van der Waals surface area contributed by atoms with Crippen molar-refractivity contribution < 1.29 is 14.0 Å². The molecule has 9 heteroatoms. The van der Waals surface area contributed by atoms with E-state index in [1.807, 2.05) is 6.07 Å². The minimum atomic E-state index is -0.601. The van der Waals surface area contributed by atoms with Crippen LogP contribution in [-0.2, 0) is 16.0 Å². The number of halogens is 2. The summed E-state index contributed by atoms with van der Waals surface area (Å²) in [6.07, 6.45) is 4.09. The Morgan fingerprint density at radius 2 is 2.07 bits per heavy atom. The first-order valence-corrected chi connectivity index (χ1v) is 9.12. The van der Waals surface area contributed by atoms with Crippen molar-refractivity contribution in [2.75, 3.05) is 10.2 Å². The largest absolute Gasteiger partial charge is 0.326 e. The molecule has 3 aromatic rings. The molecule has 0 aliphatic carbocycles. The van der Waals surface area contributed by atoms with Crippen LogP contribution in [0.15, 0.2) is 55.0 Å². The summed E-state index contributed by atoms with van der Waals surface area (Å²) in [6, 6.07) is 10.8. The van der Waals surface area contributed by atoms with Crippen LogP contribution < -0.4 is 10.2 Å². The summed E-state index contributed by atoms with van der Waals surface area (Å²) in [5.41, 5.74) is 1.24. The summed E-state index contributed by atoms with van der Waals surface area (Å²) in [4.78, 5) is 34.0. The molecule has 150 valence electrons. The lowest BCUT2D eigenvalue weighted by Gasteiger charge is -2.21. The number of hydrogen-bond donors (Lipinski definition) is 1. The smallest absolute Gasteiger partial charge is 0.229 e. The van der Waals surface area contributed by atoms with E-state index in [9.17, 15) is 19.2 Å². The Morgan fingerprint density at radius 1 is 1.27 bits per heavy atom. The lowest BCUT2D eigenvalue weighted by Crippen LogP contribution is -2.25. The van der Waals surface area contributed by atoms with E-state index < -0.39 is 11.7 Å². The van der Waals surface area contributed by atoms with E-state index in [2.05, 4.69) is 15.3 Å². The molecule has 0 aliphatic rings. The third-order valence-electron chi connectivity index (χ3n) is 4.12. The van der Waals surface area contributed by atoms with Crippen LogP contribution in [0.25, 0.3) is 0 Å². The molecule has 30 heavy (non-hydrogen) atoms. The highest BCUT2D eigenvalue weighted by atomic mass is 35.5. The van der Waals surface area contributed by atoms with Crippen molar-refractivity contribution >= 4 is 40.6 Å². The van der Waals surface area contributed by atoms with Gasteiger partial charge in [-0.25, -0.2) is 9.37 Å². The van der Waals surface area contributed by atoms with Crippen molar-refractivity contribution in [3.8, 4) is 6.07 Å². The van der Waals surface area contributed by atoms with E-state index in [4.69, 9.17) is 11.6 Å². The highest BCUT2D eigenvalue weighted by Gasteiger charge is 2.20. The van der Waals surface area contributed by atoms with Gasteiger partial charge in [0.2, 0.25) is 11.8 Å². The quantitative estimate of drug-likeness (QED) is 0.668. The Labute approximate surface area is 176 Å². The molecular weight excluding hydrogens is 409 g/mol. The summed E-state index contributed by atoms with van der Waals surface area (Å²) in [7, 11) is 0. The normalized spacial score (nSPS) is 10.2. The van der Waals surface area contributed by atoms with Gasteiger partial charge >= 0.3 is 0 Å². The molecule has 0 atom stereocenters. The van der Waals surface area contributed by atoms with Crippen LogP contribution in [0.3, 0.4) is 0 Å². The fraction of sp³-hybridized carbons (Fsp3) is 0.0952. The molecule has 0 radical (unpaired) electrons. The van der Waals surface area contributed by atoms with Gasteiger partial charge in [0.25, 0.3) is 0 Å². The predicted molar refractivity (Wildman–Crippen MR) is 110 cm³/mol. The van der Waals surface area contributed by atoms with Gasteiger partial charge in [-0.05, 0) is 23.8 Å². The molecule has 3 rings (SSSR count). The van der Waals surface area contributed by atoms with Crippen LogP contribution in [0, 0.1) is 17.1 Å². The molecule has 0 saturated heterocycles. The highest BCUT2D eigenvalue weighted by Crippen LogP contribution is 2.28. The Morgan fingerprint density at radius 3 is 2.80 bits per heavy atom. The Balaban J connectivity index is 1.86. The van der Waals surface area contributed by atoms with Gasteiger partial charge in [-0.3, -0.25) is 19.5 Å². The molecule has 2 aromatic heterocycles. The number of rotatable bonds is 5. The maximum absolute atomic E-state index is 13.6. The first-order valence-electron chi connectivity index (χ1n) is 8.74. The van der Waals surface area contributed by atoms with Crippen LogP contribution in [0.5, 0.6) is 0 Å². The second-order valence-electron chi connectivity index (χ2n) is 6.20. The zero-order valence-corrected chi connectivity index (χ0v) is 16.5. The minimum Gasteiger partial charge on any atom is -0.326 e. The van der Waals surface area contributed by atoms with E-state index in [0.717, 1.165) is 0 Å². The third kappa shape index (κ3) is 4.59. The molecule has 2 amide bonds. The number of benzene rings is 1. The van der Waals surface area contributed by atoms with Crippen molar-refractivity contribution in [1.29, 1.82) is 5.26 Å². The molecule has 0 saturated carbocycles. The van der Waals surface area contributed by atoms with Crippen LogP contribution in [0.4, 0.5) is 21.6 Å². The maximum atomic E-state index is 13.6. The number of aromatic nitrogens is 2. The van der Waals surface area contributed by atoms with Gasteiger partial charge in [0.1, 0.15) is 17.7 Å². The average Bonchev–Trinajstić information content (AvgIpc) is 2.72. The number of nitriles is 1. The topological polar surface area (TPSA) is 99.0 Å². The summed E-state index contributed by atoms with van der Waals surface area (Å²) in [5, 5.41) is 11.9. The van der Waals surface area contributed by atoms with Crippen molar-refractivity contribution in [1.82, 2.24) is 9.97 Å². The molecule has 2 heterocycles. The molecule has 7 nitrogen and oxygen atoms in total. The van der Waals surface area contributed by atoms with E-state index in [-0.39, 0.29) is 28.7 Å². The first-order chi connectivity index (χ1) is 14.4. The number of carbonyl (C=O) groups is 2. The molecule has 0 unspecified atom stereocenters. The average molecular weight is 424 g/mol. The molecule has 0 bridgehead atoms. The summed E-state index contributed by atoms with van der Waals surface area (Å²) in [6.45, 7) is 1.33. The van der Waals surface area contributed by atoms with Gasteiger partial charge in [-0.2, -0.15) is 5.26 Å². The van der Waals surface area contributed by atoms with Gasteiger partial charge in [0, 0.05) is 37.3 Å². The van der Waals surface area contributed by atoms with Crippen molar-refractivity contribution in [2.24, 2.45) is 0 Å². The fourth-order valence-corrected chi connectivity index (χ4v) is 3.00. The fourth-order valence-electron chi connectivity index (χ4n) is 2.80. The molecule has 0 spiro atoms. The number of nitrogens with zero attached hydrogens (tertiary/aromatic N) is 4. The summed E-state index contributed by atoms with van der Waals surface area (Å²) in [5.74, 6) is -1.18. The SMILES string of the molecule is CC(=O)N(c1cc(NC(=O)Cc2cccc(F)c2Cl)ccn1)c1ccncc1C#N. The van der Waals surface area contributed by atoms with Crippen molar-refractivity contribution in [3.63, 3.8) is 0 Å². The van der Waals surface area contributed by atoms with E-state index in [1.54, 1.807) is 12.1 Å². The van der Waals surface area contributed by atoms with Gasteiger partial charge < -0.3 is 5.32 Å². The van der Waals surface area contributed by atoms with E-state index >= 15 is 0 Å². The Hall–Kier alpha value is -3.83. The summed E-state index contributed by atoms with van der Waals surface area (Å²) >= 11 is 5.90. The van der Waals surface area contributed by atoms with Crippen LogP contribution in [-0.4, -0.2) is 21.8 Å². The number of anilines is 3. The van der Waals surface area contributed by atoms with Crippen LogP contribution in [0.2, 0.25) is 5.02 Å². The Kier molecular flexibility index (Phi) is 6.35. The van der Waals surface area contributed by atoms with Gasteiger partial charge in [-0.1, -0.05) is 23.7 Å². The predicted octanol–water partition coefficient (Wildman–Crippen LogP) is 4.01. The lowest BCUT2D eigenvalue weighted by atomic mass is 10.1. The van der Waals surface area contributed by atoms with Gasteiger partial charge in [0.05, 0.1) is 22.7 Å². The van der Waals surface area contributed by atoms with Crippen LogP contribution >= 0.6 is 11.6 Å². The number of pyridine rings is 2. The van der Waals surface area contributed by atoms with Gasteiger partial charge in [0.15, 0.2) is 0 Å². The number of hydrogen-bond acceptors (Lipinski definition) is 5. The second-order valence-corrected chi connectivity index (χ2v) is 6.58. The minimum absolute atomic E-state index is 0.104. The number of carbonyl (C=O) groups excluding carboxylic acids is 2. The molecule has 1 aromatic carbocycles. The van der Waals surface area contributed by atoms with Crippen LogP contribution in [0.1, 0.15) is 18.1 Å². The van der Waals surface area contributed by atoms with E-state index in [0.29, 0.717) is 16.9 Å². The summed E-state index contributed by atoms with van der Waals surface area (Å²) < 4.78 is 13.6. The maximum Gasteiger partial charge on any atom is 0.229 e. The monoisotopic (exact) mass is 423 g/mol. The van der Waals surface area contributed by atoms with Gasteiger partial charge in [-0.15, -0.1) is 0 Å². The molecule has 1 N–H and O–H groups in total. The lowest BCUT2D eigenvalue weighted by molar-refractivity contribution is -0.116. The number of amides is 2. The highest BCUT2D eigenvalue weighted by molar-refractivity contribution is 6.31. The zero-order valence-electron chi connectivity index (χ0n) is 15.8.